The molecule has 0 saturated carbocycles. The summed E-state index contributed by atoms with van der Waals surface area (Å²) in [6.07, 6.45) is 0.908. The summed E-state index contributed by atoms with van der Waals surface area (Å²) in [5.74, 6) is 0.538. The molecule has 0 radical (unpaired) electrons. The largest absolute Gasteiger partial charge is 0.494 e. The molecule has 0 saturated heterocycles. The van der Waals surface area contributed by atoms with Gasteiger partial charge in [-0.05, 0) is 43.2 Å². The first-order valence-electron chi connectivity index (χ1n) is 8.94. The number of benzene rings is 2. The van der Waals surface area contributed by atoms with E-state index in [4.69, 9.17) is 4.74 Å². The SMILES string of the molecule is CNC(=O)[C@@H](C)N(Cc1cccc(Br)c1)C(=O)CCCOc1ccccc1. The van der Waals surface area contributed by atoms with Crippen molar-refractivity contribution in [1.29, 1.82) is 0 Å². The van der Waals surface area contributed by atoms with Crippen molar-refractivity contribution in [3.05, 3.63) is 64.6 Å². The van der Waals surface area contributed by atoms with Gasteiger partial charge in [0.2, 0.25) is 11.8 Å². The number of halogens is 1. The highest BCUT2D eigenvalue weighted by Crippen LogP contribution is 2.16. The van der Waals surface area contributed by atoms with E-state index in [0.29, 0.717) is 26.0 Å². The fraction of sp³-hybridized carbons (Fsp3) is 0.333. The zero-order valence-corrected chi connectivity index (χ0v) is 17.2. The lowest BCUT2D eigenvalue weighted by molar-refractivity contribution is -0.140. The molecule has 0 unspecified atom stereocenters. The summed E-state index contributed by atoms with van der Waals surface area (Å²) in [7, 11) is 1.58. The average Bonchev–Trinajstić information content (AvgIpc) is 2.69. The number of para-hydroxylation sites is 1. The zero-order chi connectivity index (χ0) is 19.6. The van der Waals surface area contributed by atoms with Crippen molar-refractivity contribution in [2.45, 2.75) is 32.4 Å². The number of ether oxygens (including phenoxy) is 1. The Morgan fingerprint density at radius 1 is 1.15 bits per heavy atom. The number of amides is 2. The molecule has 2 amide bonds. The van der Waals surface area contributed by atoms with Crippen molar-refractivity contribution in [3.63, 3.8) is 0 Å². The van der Waals surface area contributed by atoms with Crippen LogP contribution in [0.3, 0.4) is 0 Å². The van der Waals surface area contributed by atoms with E-state index in [9.17, 15) is 9.59 Å². The Morgan fingerprint density at radius 3 is 2.56 bits per heavy atom. The summed E-state index contributed by atoms with van der Waals surface area (Å²) in [5.41, 5.74) is 0.967. The molecular weight excluding hydrogens is 408 g/mol. The minimum absolute atomic E-state index is 0.0669. The van der Waals surface area contributed by atoms with Gasteiger partial charge in [0.1, 0.15) is 11.8 Å². The van der Waals surface area contributed by atoms with Crippen molar-refractivity contribution in [2.75, 3.05) is 13.7 Å². The number of nitrogens with one attached hydrogen (secondary N) is 1. The molecule has 2 rings (SSSR count). The van der Waals surface area contributed by atoms with E-state index in [1.165, 1.54) is 0 Å². The van der Waals surface area contributed by atoms with Crippen LogP contribution in [0.1, 0.15) is 25.3 Å². The fourth-order valence-electron chi connectivity index (χ4n) is 2.70. The van der Waals surface area contributed by atoms with Gasteiger partial charge in [0.25, 0.3) is 0 Å². The lowest BCUT2D eigenvalue weighted by atomic mass is 10.1. The van der Waals surface area contributed by atoms with Gasteiger partial charge in [-0.2, -0.15) is 0 Å². The molecule has 0 aliphatic heterocycles. The van der Waals surface area contributed by atoms with Crippen molar-refractivity contribution >= 4 is 27.7 Å². The second kappa shape index (κ2) is 10.7. The molecule has 0 heterocycles. The normalized spacial score (nSPS) is 11.5. The van der Waals surface area contributed by atoms with Crippen LogP contribution >= 0.6 is 15.9 Å². The zero-order valence-electron chi connectivity index (χ0n) is 15.7. The molecule has 0 aliphatic rings. The molecule has 2 aromatic carbocycles. The van der Waals surface area contributed by atoms with Crippen LogP contribution < -0.4 is 10.1 Å². The maximum atomic E-state index is 12.8. The molecule has 1 atom stereocenters. The van der Waals surface area contributed by atoms with Crippen molar-refractivity contribution in [3.8, 4) is 5.75 Å². The molecule has 0 spiro atoms. The number of hydrogen-bond acceptors (Lipinski definition) is 3. The first-order valence-corrected chi connectivity index (χ1v) is 9.74. The van der Waals surface area contributed by atoms with Crippen LogP contribution in [0.25, 0.3) is 0 Å². The molecule has 27 heavy (non-hydrogen) atoms. The van der Waals surface area contributed by atoms with Gasteiger partial charge in [-0.3, -0.25) is 9.59 Å². The average molecular weight is 433 g/mol. The van der Waals surface area contributed by atoms with Crippen LogP contribution in [0, 0.1) is 0 Å². The van der Waals surface area contributed by atoms with Crippen molar-refractivity contribution in [2.24, 2.45) is 0 Å². The molecule has 0 aliphatic carbocycles. The maximum absolute atomic E-state index is 12.8. The summed E-state index contributed by atoms with van der Waals surface area (Å²) in [4.78, 5) is 26.5. The second-order valence-corrected chi connectivity index (χ2v) is 7.12. The van der Waals surface area contributed by atoms with E-state index < -0.39 is 6.04 Å². The van der Waals surface area contributed by atoms with E-state index in [1.807, 2.05) is 54.6 Å². The first kappa shape index (κ1) is 21.0. The smallest absolute Gasteiger partial charge is 0.242 e. The second-order valence-electron chi connectivity index (χ2n) is 6.21. The van der Waals surface area contributed by atoms with Gasteiger partial charge in [0.05, 0.1) is 6.61 Å². The van der Waals surface area contributed by atoms with Crippen LogP contribution in [0.4, 0.5) is 0 Å². The minimum Gasteiger partial charge on any atom is -0.494 e. The van der Waals surface area contributed by atoms with Crippen LogP contribution in [-0.4, -0.2) is 36.4 Å². The number of likely N-dealkylation sites (N-methyl/N-ethyl adjacent to an activating group) is 1. The third-order valence-corrected chi connectivity index (χ3v) is 4.70. The summed E-state index contributed by atoms with van der Waals surface area (Å²) < 4.78 is 6.58. The predicted molar refractivity (Wildman–Crippen MR) is 109 cm³/mol. The summed E-state index contributed by atoms with van der Waals surface area (Å²) in [5, 5.41) is 2.62. The van der Waals surface area contributed by atoms with Gasteiger partial charge < -0.3 is 15.0 Å². The Hall–Kier alpha value is -2.34. The van der Waals surface area contributed by atoms with Gasteiger partial charge in [0.15, 0.2) is 0 Å². The maximum Gasteiger partial charge on any atom is 0.242 e. The number of nitrogens with zero attached hydrogens (tertiary/aromatic N) is 1. The molecule has 0 fully saturated rings. The lowest BCUT2D eigenvalue weighted by Gasteiger charge is -2.28. The lowest BCUT2D eigenvalue weighted by Crippen LogP contribution is -2.46. The Labute approximate surface area is 168 Å². The molecular formula is C21H25BrN2O3. The molecule has 1 N–H and O–H groups in total. The molecule has 144 valence electrons. The molecule has 2 aromatic rings. The molecule has 5 nitrogen and oxygen atoms in total. The molecule has 0 bridgehead atoms. The van der Waals surface area contributed by atoms with Crippen LogP contribution in [0.15, 0.2) is 59.1 Å². The van der Waals surface area contributed by atoms with E-state index >= 15 is 0 Å². The molecule has 0 aromatic heterocycles. The number of carbonyl (C=O) groups is 2. The highest BCUT2D eigenvalue weighted by molar-refractivity contribution is 9.10. The fourth-order valence-corrected chi connectivity index (χ4v) is 3.14. The first-order chi connectivity index (χ1) is 13.0. The Kier molecular flexibility index (Phi) is 8.33. The number of carbonyl (C=O) groups excluding carboxylic acids is 2. The number of rotatable bonds is 9. The third-order valence-electron chi connectivity index (χ3n) is 4.20. The summed E-state index contributed by atoms with van der Waals surface area (Å²) in [6, 6.07) is 16.7. The molecule has 6 heteroatoms. The number of hydrogen-bond donors (Lipinski definition) is 1. The Balaban J connectivity index is 1.96. The van der Waals surface area contributed by atoms with Crippen LogP contribution in [0.5, 0.6) is 5.75 Å². The monoisotopic (exact) mass is 432 g/mol. The topological polar surface area (TPSA) is 58.6 Å². The highest BCUT2D eigenvalue weighted by atomic mass is 79.9. The standard InChI is InChI=1S/C21H25BrN2O3/c1-16(21(26)23-2)24(15-17-8-6-9-18(22)14-17)20(25)12-7-13-27-19-10-4-3-5-11-19/h3-6,8-11,14,16H,7,12-13,15H2,1-2H3,(H,23,26)/t16-/m1/s1. The van der Waals surface area contributed by atoms with Gasteiger partial charge >= 0.3 is 0 Å². The van der Waals surface area contributed by atoms with Crippen LogP contribution in [0.2, 0.25) is 0 Å². The van der Waals surface area contributed by atoms with Crippen molar-refractivity contribution < 1.29 is 14.3 Å². The van der Waals surface area contributed by atoms with E-state index in [-0.39, 0.29) is 11.8 Å². The predicted octanol–water partition coefficient (Wildman–Crippen LogP) is 3.77. The van der Waals surface area contributed by atoms with E-state index in [1.54, 1.807) is 18.9 Å². The quantitative estimate of drug-likeness (QED) is 0.613. The van der Waals surface area contributed by atoms with Crippen LogP contribution in [-0.2, 0) is 16.1 Å². The third kappa shape index (κ3) is 6.71. The summed E-state index contributed by atoms with van der Waals surface area (Å²) in [6.45, 7) is 2.58. The summed E-state index contributed by atoms with van der Waals surface area (Å²) >= 11 is 3.44. The van der Waals surface area contributed by atoms with Gasteiger partial charge in [-0.25, -0.2) is 0 Å². The minimum atomic E-state index is -0.545. The van der Waals surface area contributed by atoms with E-state index in [0.717, 1.165) is 15.8 Å². The van der Waals surface area contributed by atoms with E-state index in [2.05, 4.69) is 21.2 Å². The van der Waals surface area contributed by atoms with Gasteiger partial charge in [-0.1, -0.05) is 46.3 Å². The van der Waals surface area contributed by atoms with Crippen molar-refractivity contribution in [1.82, 2.24) is 10.2 Å². The Morgan fingerprint density at radius 2 is 1.89 bits per heavy atom. The Bertz CT molecular complexity index is 752. The van der Waals surface area contributed by atoms with Gasteiger partial charge in [-0.15, -0.1) is 0 Å². The highest BCUT2D eigenvalue weighted by Gasteiger charge is 2.25. The van der Waals surface area contributed by atoms with Gasteiger partial charge in [0, 0.05) is 24.5 Å².